The summed E-state index contributed by atoms with van der Waals surface area (Å²) in [5.74, 6) is 0.789. The zero-order chi connectivity index (χ0) is 13.8. The van der Waals surface area contributed by atoms with Crippen molar-refractivity contribution in [3.8, 4) is 0 Å². The second kappa shape index (κ2) is 5.34. The molecule has 2 N–H and O–H groups in total. The molecule has 0 fully saturated rings. The van der Waals surface area contributed by atoms with Crippen molar-refractivity contribution < 1.29 is 4.92 Å². The predicted molar refractivity (Wildman–Crippen MR) is 71.0 cm³/mol. The van der Waals surface area contributed by atoms with Crippen molar-refractivity contribution in [2.45, 2.75) is 6.54 Å². The Balaban J connectivity index is 2.19. The summed E-state index contributed by atoms with van der Waals surface area (Å²) < 4.78 is 1.67. The largest absolute Gasteiger partial charge is 0.373 e. The molecule has 2 heterocycles. The van der Waals surface area contributed by atoms with Gasteiger partial charge in [-0.2, -0.15) is 5.10 Å². The van der Waals surface area contributed by atoms with E-state index in [4.69, 9.17) is 0 Å². The zero-order valence-corrected chi connectivity index (χ0v) is 10.6. The molecule has 0 aromatic carbocycles. The van der Waals surface area contributed by atoms with E-state index < -0.39 is 4.92 Å². The fraction of sp³-hybridized carbons (Fsp3) is 0.273. The lowest BCUT2D eigenvalue weighted by Crippen LogP contribution is -2.07. The molecule has 0 aliphatic rings. The third-order valence-corrected chi connectivity index (χ3v) is 2.53. The lowest BCUT2D eigenvalue weighted by atomic mass is 10.3. The Bertz CT molecular complexity index is 595. The summed E-state index contributed by atoms with van der Waals surface area (Å²) in [6.45, 7) is 0.377. The van der Waals surface area contributed by atoms with E-state index in [2.05, 4.69) is 20.7 Å². The first kappa shape index (κ1) is 12.8. The van der Waals surface area contributed by atoms with E-state index in [0.29, 0.717) is 12.4 Å². The molecule has 100 valence electrons. The number of rotatable bonds is 5. The van der Waals surface area contributed by atoms with Crippen LogP contribution in [0.4, 0.5) is 17.3 Å². The Morgan fingerprint density at radius 2 is 2.21 bits per heavy atom. The highest BCUT2D eigenvalue weighted by Crippen LogP contribution is 2.24. The number of nitrogens with one attached hydrogen (secondary N) is 2. The maximum absolute atomic E-state index is 10.9. The molecule has 2 aromatic rings. The highest BCUT2D eigenvalue weighted by molar-refractivity contribution is 5.60. The van der Waals surface area contributed by atoms with E-state index >= 15 is 0 Å². The van der Waals surface area contributed by atoms with Gasteiger partial charge in [-0.15, -0.1) is 0 Å². The molecular formula is C11H14N6O2. The van der Waals surface area contributed by atoms with Crippen LogP contribution in [-0.2, 0) is 13.6 Å². The Kier molecular flexibility index (Phi) is 3.60. The fourth-order valence-corrected chi connectivity index (χ4v) is 1.60. The second-order valence-electron chi connectivity index (χ2n) is 3.91. The molecule has 0 saturated carbocycles. The van der Waals surface area contributed by atoms with E-state index in [1.165, 1.54) is 6.07 Å². The highest BCUT2D eigenvalue weighted by atomic mass is 16.6. The fourth-order valence-electron chi connectivity index (χ4n) is 1.60. The molecular weight excluding hydrogens is 248 g/mol. The molecule has 0 atom stereocenters. The molecule has 19 heavy (non-hydrogen) atoms. The van der Waals surface area contributed by atoms with Gasteiger partial charge in [0.05, 0.1) is 17.2 Å². The zero-order valence-electron chi connectivity index (χ0n) is 10.6. The van der Waals surface area contributed by atoms with Gasteiger partial charge in [-0.1, -0.05) is 0 Å². The first-order valence-corrected chi connectivity index (χ1v) is 5.65. The Hall–Kier alpha value is -2.64. The van der Waals surface area contributed by atoms with Gasteiger partial charge in [0.1, 0.15) is 5.82 Å². The number of aromatic nitrogens is 3. The van der Waals surface area contributed by atoms with Gasteiger partial charge in [0.2, 0.25) is 5.82 Å². The monoisotopic (exact) mass is 262 g/mol. The molecule has 2 rings (SSSR count). The van der Waals surface area contributed by atoms with Crippen molar-refractivity contribution >= 4 is 17.3 Å². The number of nitro groups is 1. The molecule has 0 aliphatic heterocycles. The summed E-state index contributed by atoms with van der Waals surface area (Å²) in [5.41, 5.74) is 0.725. The molecule has 0 aliphatic carbocycles. The van der Waals surface area contributed by atoms with Crippen molar-refractivity contribution in [3.63, 3.8) is 0 Å². The minimum Gasteiger partial charge on any atom is -0.373 e. The summed E-state index contributed by atoms with van der Waals surface area (Å²) in [7, 11) is 3.52. The van der Waals surface area contributed by atoms with E-state index in [-0.39, 0.29) is 11.5 Å². The summed E-state index contributed by atoms with van der Waals surface area (Å²) in [6.07, 6.45) is 1.81. The smallest absolute Gasteiger partial charge is 0.311 e. The van der Waals surface area contributed by atoms with Gasteiger partial charge in [-0.3, -0.25) is 14.8 Å². The van der Waals surface area contributed by atoms with Crippen LogP contribution in [0.3, 0.4) is 0 Å². The van der Waals surface area contributed by atoms with E-state index in [0.717, 1.165) is 5.69 Å². The maximum atomic E-state index is 10.9. The number of aryl methyl sites for hydroxylation is 1. The standard InChI is InChI=1S/C11H14N6O2/c1-12-10-4-3-9(17(18)19)11(14-10)13-7-8-5-6-16(2)15-8/h3-6H,7H2,1-2H3,(H2,12,13,14). The summed E-state index contributed by atoms with van der Waals surface area (Å²) in [6, 6.07) is 4.81. The predicted octanol–water partition coefficient (Wildman–Crippen LogP) is 1.38. The molecule has 0 unspecified atom stereocenters. The SMILES string of the molecule is CNc1ccc([N+](=O)[O-])c(NCc2ccn(C)n2)n1. The number of anilines is 2. The number of nitrogens with zero attached hydrogens (tertiary/aromatic N) is 4. The van der Waals surface area contributed by atoms with E-state index in [1.54, 1.807) is 17.8 Å². The average molecular weight is 262 g/mol. The quantitative estimate of drug-likeness (QED) is 0.624. The van der Waals surface area contributed by atoms with Gasteiger partial charge >= 0.3 is 5.69 Å². The molecule has 0 amide bonds. The van der Waals surface area contributed by atoms with E-state index in [1.807, 2.05) is 19.3 Å². The maximum Gasteiger partial charge on any atom is 0.311 e. The third-order valence-electron chi connectivity index (χ3n) is 2.53. The van der Waals surface area contributed by atoms with Crippen molar-refractivity contribution in [2.75, 3.05) is 17.7 Å². The van der Waals surface area contributed by atoms with Gasteiger partial charge in [0, 0.05) is 26.4 Å². The minimum atomic E-state index is -0.465. The molecule has 8 heteroatoms. The van der Waals surface area contributed by atoms with Gasteiger partial charge in [-0.25, -0.2) is 4.98 Å². The van der Waals surface area contributed by atoms with Crippen molar-refractivity contribution in [1.82, 2.24) is 14.8 Å². The van der Waals surface area contributed by atoms with Crippen LogP contribution in [0.25, 0.3) is 0 Å². The molecule has 0 saturated heterocycles. The summed E-state index contributed by atoms with van der Waals surface area (Å²) in [4.78, 5) is 14.6. The van der Waals surface area contributed by atoms with Crippen molar-refractivity contribution in [2.24, 2.45) is 7.05 Å². The summed E-state index contributed by atoms with van der Waals surface area (Å²) >= 11 is 0. The van der Waals surface area contributed by atoms with Crippen LogP contribution >= 0.6 is 0 Å². The number of hydrogen-bond acceptors (Lipinski definition) is 6. The molecule has 0 bridgehead atoms. The first-order chi connectivity index (χ1) is 9.10. The molecule has 2 aromatic heterocycles. The van der Waals surface area contributed by atoms with Gasteiger partial charge in [0.15, 0.2) is 0 Å². The Morgan fingerprint density at radius 3 is 2.79 bits per heavy atom. The van der Waals surface area contributed by atoms with Crippen LogP contribution in [0.5, 0.6) is 0 Å². The first-order valence-electron chi connectivity index (χ1n) is 5.65. The minimum absolute atomic E-state index is 0.0602. The second-order valence-corrected chi connectivity index (χ2v) is 3.91. The highest BCUT2D eigenvalue weighted by Gasteiger charge is 2.15. The molecule has 0 radical (unpaired) electrons. The van der Waals surface area contributed by atoms with Crippen molar-refractivity contribution in [3.05, 3.63) is 40.2 Å². The van der Waals surface area contributed by atoms with Crippen LogP contribution < -0.4 is 10.6 Å². The topological polar surface area (TPSA) is 97.9 Å². The lowest BCUT2D eigenvalue weighted by molar-refractivity contribution is -0.384. The lowest BCUT2D eigenvalue weighted by Gasteiger charge is -2.06. The van der Waals surface area contributed by atoms with Crippen LogP contribution in [0.2, 0.25) is 0 Å². The van der Waals surface area contributed by atoms with Gasteiger partial charge in [0.25, 0.3) is 0 Å². The van der Waals surface area contributed by atoms with Crippen LogP contribution in [0, 0.1) is 10.1 Å². The third kappa shape index (κ3) is 2.97. The van der Waals surface area contributed by atoms with Crippen LogP contribution in [0.1, 0.15) is 5.69 Å². The van der Waals surface area contributed by atoms with Crippen LogP contribution in [-0.4, -0.2) is 26.7 Å². The normalized spacial score (nSPS) is 10.2. The van der Waals surface area contributed by atoms with Gasteiger partial charge in [-0.05, 0) is 12.1 Å². The average Bonchev–Trinajstić information content (AvgIpc) is 2.81. The summed E-state index contributed by atoms with van der Waals surface area (Å²) in [5, 5.41) is 20.9. The van der Waals surface area contributed by atoms with Crippen LogP contribution in [0.15, 0.2) is 24.4 Å². The van der Waals surface area contributed by atoms with E-state index in [9.17, 15) is 10.1 Å². The molecule has 0 spiro atoms. The van der Waals surface area contributed by atoms with Gasteiger partial charge < -0.3 is 10.6 Å². The Morgan fingerprint density at radius 1 is 1.42 bits per heavy atom. The number of pyridine rings is 1. The number of hydrogen-bond donors (Lipinski definition) is 2. The molecule has 8 nitrogen and oxygen atoms in total. The van der Waals surface area contributed by atoms with Crippen molar-refractivity contribution in [1.29, 1.82) is 0 Å². The Labute approximate surface area is 109 Å².